The fraction of sp³-hybridized carbons (Fsp3) is 0.600. The zero-order valence-corrected chi connectivity index (χ0v) is 20.1. The van der Waals surface area contributed by atoms with Crippen molar-refractivity contribution in [3.05, 3.63) is 30.1 Å². The van der Waals surface area contributed by atoms with Crippen molar-refractivity contribution in [2.24, 2.45) is 5.92 Å². The lowest BCUT2D eigenvalue weighted by Gasteiger charge is -2.46. The van der Waals surface area contributed by atoms with E-state index >= 15 is 0 Å². The number of halogens is 3. The van der Waals surface area contributed by atoms with Crippen LogP contribution in [0.1, 0.15) is 44.1 Å². The third kappa shape index (κ3) is 5.40. The maximum absolute atomic E-state index is 13.1. The van der Waals surface area contributed by atoms with Gasteiger partial charge in [-0.3, -0.25) is 14.5 Å². The van der Waals surface area contributed by atoms with E-state index in [0.29, 0.717) is 17.5 Å². The first-order chi connectivity index (χ1) is 17.3. The second-order valence-electron chi connectivity index (χ2n) is 10.1. The molecule has 2 aliphatic heterocycles. The Bertz CT molecular complexity index is 1110. The highest BCUT2D eigenvalue weighted by Crippen LogP contribution is 2.33. The number of carbonyl (C=O) groups excluding carboxylic acids is 2. The van der Waals surface area contributed by atoms with Gasteiger partial charge in [0.1, 0.15) is 12.1 Å². The largest absolute Gasteiger partial charge is 0.416 e. The quantitative estimate of drug-likeness (QED) is 0.629. The second kappa shape index (κ2) is 10.2. The van der Waals surface area contributed by atoms with Crippen molar-refractivity contribution in [3.63, 3.8) is 0 Å². The van der Waals surface area contributed by atoms with Gasteiger partial charge in [-0.25, -0.2) is 9.97 Å². The SMILES string of the molecule is O=C(CNc1ncnc2ccc(C(F)(F)F)cc12)NC1CN([C@H]2CC[C@@H](C(=O)N3CCCC3)CC2)C1. The van der Waals surface area contributed by atoms with Crippen LogP contribution < -0.4 is 10.6 Å². The normalized spacial score (nSPS) is 23.5. The van der Waals surface area contributed by atoms with Crippen LogP contribution in [-0.4, -0.2) is 76.4 Å². The van der Waals surface area contributed by atoms with Gasteiger partial charge in [0.25, 0.3) is 0 Å². The number of amides is 2. The minimum Gasteiger partial charge on any atom is -0.360 e. The topological polar surface area (TPSA) is 90.5 Å². The number of likely N-dealkylation sites (tertiary alicyclic amines) is 2. The van der Waals surface area contributed by atoms with E-state index in [4.69, 9.17) is 0 Å². The Kier molecular flexibility index (Phi) is 7.00. The number of hydrogen-bond donors (Lipinski definition) is 2. The molecule has 0 bridgehead atoms. The number of rotatable bonds is 6. The molecular weight excluding hydrogens is 473 g/mol. The van der Waals surface area contributed by atoms with Crippen LogP contribution in [0.4, 0.5) is 19.0 Å². The summed E-state index contributed by atoms with van der Waals surface area (Å²) in [5.74, 6) is 0.445. The molecule has 1 aromatic carbocycles. The molecule has 2 amide bonds. The maximum Gasteiger partial charge on any atom is 0.416 e. The van der Waals surface area contributed by atoms with Crippen LogP contribution in [-0.2, 0) is 15.8 Å². The fourth-order valence-electron chi connectivity index (χ4n) is 5.60. The van der Waals surface area contributed by atoms with Crippen molar-refractivity contribution >= 4 is 28.5 Å². The Morgan fingerprint density at radius 3 is 2.44 bits per heavy atom. The Balaban J connectivity index is 1.06. The maximum atomic E-state index is 13.1. The van der Waals surface area contributed by atoms with Crippen molar-refractivity contribution in [1.29, 1.82) is 0 Å². The third-order valence-corrected chi connectivity index (χ3v) is 7.63. The van der Waals surface area contributed by atoms with Crippen molar-refractivity contribution in [2.75, 3.05) is 38.0 Å². The summed E-state index contributed by atoms with van der Waals surface area (Å²) < 4.78 is 39.3. The van der Waals surface area contributed by atoms with E-state index in [1.807, 2.05) is 4.90 Å². The number of benzene rings is 1. The molecule has 3 heterocycles. The molecule has 3 aliphatic rings. The molecule has 0 atom stereocenters. The Morgan fingerprint density at radius 2 is 1.75 bits per heavy atom. The Hall–Kier alpha value is -2.95. The zero-order valence-electron chi connectivity index (χ0n) is 20.1. The van der Waals surface area contributed by atoms with Crippen LogP contribution in [0.15, 0.2) is 24.5 Å². The summed E-state index contributed by atoms with van der Waals surface area (Å²) in [4.78, 5) is 37.5. The van der Waals surface area contributed by atoms with E-state index in [1.54, 1.807) is 0 Å². The van der Waals surface area contributed by atoms with E-state index in [2.05, 4.69) is 25.5 Å². The molecule has 0 spiro atoms. The summed E-state index contributed by atoms with van der Waals surface area (Å²) in [6.45, 7) is 3.26. The van der Waals surface area contributed by atoms with Gasteiger partial charge in [0, 0.05) is 43.5 Å². The molecule has 1 saturated carbocycles. The number of carbonyl (C=O) groups is 2. The highest BCUT2D eigenvalue weighted by atomic mass is 19.4. The van der Waals surface area contributed by atoms with Gasteiger partial charge >= 0.3 is 6.18 Å². The molecule has 5 rings (SSSR count). The van der Waals surface area contributed by atoms with Crippen LogP contribution in [0.3, 0.4) is 0 Å². The number of fused-ring (bicyclic) bond motifs is 1. The number of anilines is 1. The van der Waals surface area contributed by atoms with E-state index in [0.717, 1.165) is 76.8 Å². The third-order valence-electron chi connectivity index (χ3n) is 7.63. The number of alkyl halides is 3. The summed E-state index contributed by atoms with van der Waals surface area (Å²) in [5.41, 5.74) is -0.423. The van der Waals surface area contributed by atoms with Gasteiger partial charge in [-0.1, -0.05) is 0 Å². The van der Waals surface area contributed by atoms with Gasteiger partial charge in [-0.2, -0.15) is 13.2 Å². The fourth-order valence-corrected chi connectivity index (χ4v) is 5.60. The lowest BCUT2D eigenvalue weighted by molar-refractivity contribution is -0.137. The summed E-state index contributed by atoms with van der Waals surface area (Å²) in [6.07, 6.45) is 2.89. The summed E-state index contributed by atoms with van der Waals surface area (Å²) in [5, 5.41) is 6.05. The van der Waals surface area contributed by atoms with Crippen molar-refractivity contribution in [3.8, 4) is 0 Å². The van der Waals surface area contributed by atoms with E-state index in [1.165, 1.54) is 12.4 Å². The molecule has 8 nitrogen and oxygen atoms in total. The van der Waals surface area contributed by atoms with Crippen LogP contribution in [0.25, 0.3) is 10.9 Å². The minimum absolute atomic E-state index is 0.0437. The Morgan fingerprint density at radius 1 is 1.03 bits per heavy atom. The zero-order chi connectivity index (χ0) is 25.3. The molecular formula is C25H31F3N6O2. The standard InChI is InChI=1S/C25H31F3N6O2/c26-25(27,28)17-5-8-21-20(11-17)23(31-15-30-21)29-12-22(35)32-18-13-34(14-18)19-6-3-16(4-7-19)24(36)33-9-1-2-10-33/h5,8,11,15-16,18-19H,1-4,6-7,9-10,12-14H2,(H,32,35)(H,29,30,31)/t16-,19+. The van der Waals surface area contributed by atoms with Gasteiger partial charge in [-0.05, 0) is 56.7 Å². The van der Waals surface area contributed by atoms with E-state index in [9.17, 15) is 22.8 Å². The number of nitrogens with one attached hydrogen (secondary N) is 2. The number of hydrogen-bond acceptors (Lipinski definition) is 6. The van der Waals surface area contributed by atoms with Gasteiger partial charge in [-0.15, -0.1) is 0 Å². The van der Waals surface area contributed by atoms with Crippen molar-refractivity contribution in [2.45, 2.75) is 56.8 Å². The molecule has 11 heteroatoms. The van der Waals surface area contributed by atoms with Crippen LogP contribution in [0.5, 0.6) is 0 Å². The lowest BCUT2D eigenvalue weighted by Crippen LogP contribution is -2.63. The van der Waals surface area contributed by atoms with E-state index < -0.39 is 11.7 Å². The molecule has 0 radical (unpaired) electrons. The average Bonchev–Trinajstić information content (AvgIpc) is 3.38. The second-order valence-corrected chi connectivity index (χ2v) is 10.1. The molecule has 0 unspecified atom stereocenters. The van der Waals surface area contributed by atoms with Gasteiger partial charge < -0.3 is 15.5 Å². The monoisotopic (exact) mass is 504 g/mol. The molecule has 2 saturated heterocycles. The predicted molar refractivity (Wildman–Crippen MR) is 128 cm³/mol. The summed E-state index contributed by atoms with van der Waals surface area (Å²) in [6, 6.07) is 3.76. The minimum atomic E-state index is -4.47. The van der Waals surface area contributed by atoms with Crippen molar-refractivity contribution < 1.29 is 22.8 Å². The smallest absolute Gasteiger partial charge is 0.360 e. The summed E-state index contributed by atoms with van der Waals surface area (Å²) in [7, 11) is 0. The summed E-state index contributed by atoms with van der Waals surface area (Å²) >= 11 is 0. The first-order valence-corrected chi connectivity index (χ1v) is 12.7. The molecule has 194 valence electrons. The molecule has 3 fully saturated rings. The van der Waals surface area contributed by atoms with Crippen LogP contribution in [0, 0.1) is 5.92 Å². The van der Waals surface area contributed by atoms with Crippen LogP contribution >= 0.6 is 0 Å². The predicted octanol–water partition coefficient (Wildman–Crippen LogP) is 3.04. The number of nitrogens with zero attached hydrogens (tertiary/aromatic N) is 4. The first kappa shape index (κ1) is 24.7. The van der Waals surface area contributed by atoms with Crippen molar-refractivity contribution in [1.82, 2.24) is 25.1 Å². The molecule has 1 aliphatic carbocycles. The van der Waals surface area contributed by atoms with Gasteiger partial charge in [0.2, 0.25) is 11.8 Å². The molecule has 36 heavy (non-hydrogen) atoms. The van der Waals surface area contributed by atoms with Gasteiger partial charge in [0.05, 0.1) is 23.7 Å². The molecule has 2 aromatic rings. The first-order valence-electron chi connectivity index (χ1n) is 12.7. The Labute approximate surface area is 207 Å². The highest BCUT2D eigenvalue weighted by molar-refractivity contribution is 5.91. The van der Waals surface area contributed by atoms with E-state index in [-0.39, 0.29) is 35.6 Å². The molecule has 2 N–H and O–H groups in total. The van der Waals surface area contributed by atoms with Gasteiger partial charge in [0.15, 0.2) is 0 Å². The average molecular weight is 505 g/mol. The lowest BCUT2D eigenvalue weighted by atomic mass is 9.83. The highest BCUT2D eigenvalue weighted by Gasteiger charge is 2.37. The molecule has 1 aromatic heterocycles. The van der Waals surface area contributed by atoms with Crippen LogP contribution in [0.2, 0.25) is 0 Å². The number of aromatic nitrogens is 2.